The molecule has 1 rings (SSSR count). The summed E-state index contributed by atoms with van der Waals surface area (Å²) in [7, 11) is 0. The summed E-state index contributed by atoms with van der Waals surface area (Å²) in [5.74, 6) is 0. The largest absolute Gasteiger partial charge is 0.395 e. The topological polar surface area (TPSA) is 43.7 Å². The highest BCUT2D eigenvalue weighted by Crippen LogP contribution is 2.31. The lowest BCUT2D eigenvalue weighted by Gasteiger charge is -2.51. The highest BCUT2D eigenvalue weighted by molar-refractivity contribution is 4.95. The van der Waals surface area contributed by atoms with Crippen LogP contribution in [0.15, 0.2) is 0 Å². The maximum atomic E-state index is 8.89. The normalized spacial score (nSPS) is 23.7. The Morgan fingerprint density at radius 1 is 1.36 bits per heavy atom. The molecule has 1 aliphatic rings. The van der Waals surface area contributed by atoms with Crippen LogP contribution in [0.1, 0.15) is 20.3 Å². The molecule has 0 aromatic rings. The molecule has 1 fully saturated rings. The van der Waals surface area contributed by atoms with Gasteiger partial charge in [0, 0.05) is 12.1 Å². The molecule has 0 aromatic heterocycles. The van der Waals surface area contributed by atoms with E-state index in [0.29, 0.717) is 0 Å². The summed E-state index contributed by atoms with van der Waals surface area (Å²) in [5.41, 5.74) is 0.177. The van der Waals surface area contributed by atoms with E-state index in [2.05, 4.69) is 18.7 Å². The molecule has 0 spiro atoms. The highest BCUT2D eigenvalue weighted by atomic mass is 16.3. The molecule has 0 bridgehead atoms. The molecule has 3 nitrogen and oxygen atoms in total. The van der Waals surface area contributed by atoms with Crippen molar-refractivity contribution in [2.45, 2.75) is 31.8 Å². The second-order valence-corrected chi connectivity index (χ2v) is 3.77. The van der Waals surface area contributed by atoms with Crippen LogP contribution >= 0.6 is 0 Å². The number of nitrogens with zero attached hydrogens (tertiary/aromatic N) is 1. The molecular formula is C8H17NO2. The molecule has 11 heavy (non-hydrogen) atoms. The van der Waals surface area contributed by atoms with Crippen LogP contribution in [0, 0.1) is 0 Å². The van der Waals surface area contributed by atoms with Gasteiger partial charge >= 0.3 is 0 Å². The van der Waals surface area contributed by atoms with Crippen molar-refractivity contribution in [1.82, 2.24) is 4.90 Å². The Morgan fingerprint density at radius 2 is 1.91 bits per heavy atom. The van der Waals surface area contributed by atoms with Crippen molar-refractivity contribution < 1.29 is 10.2 Å². The number of likely N-dealkylation sites (tertiary alicyclic amines) is 1. The summed E-state index contributed by atoms with van der Waals surface area (Å²) >= 11 is 0. The van der Waals surface area contributed by atoms with Gasteiger partial charge in [-0.3, -0.25) is 4.90 Å². The molecular weight excluding hydrogens is 142 g/mol. The minimum absolute atomic E-state index is 0.0555. The van der Waals surface area contributed by atoms with Gasteiger partial charge in [-0.15, -0.1) is 0 Å². The average Bonchev–Trinajstić information content (AvgIpc) is 1.98. The first-order valence-electron chi connectivity index (χ1n) is 4.10. The number of hydrogen-bond acceptors (Lipinski definition) is 3. The van der Waals surface area contributed by atoms with Gasteiger partial charge in [0.15, 0.2) is 0 Å². The molecule has 0 radical (unpaired) electrons. The minimum Gasteiger partial charge on any atom is -0.395 e. The van der Waals surface area contributed by atoms with Gasteiger partial charge < -0.3 is 10.2 Å². The van der Waals surface area contributed by atoms with Crippen molar-refractivity contribution in [2.75, 3.05) is 19.8 Å². The molecule has 0 atom stereocenters. The van der Waals surface area contributed by atoms with E-state index in [1.165, 1.54) is 0 Å². The first kappa shape index (κ1) is 8.97. The Kier molecular flexibility index (Phi) is 2.52. The van der Waals surface area contributed by atoms with Crippen molar-refractivity contribution in [3.8, 4) is 0 Å². The van der Waals surface area contributed by atoms with Crippen LogP contribution in [0.3, 0.4) is 0 Å². The molecule has 2 N–H and O–H groups in total. The van der Waals surface area contributed by atoms with Crippen molar-refractivity contribution >= 4 is 0 Å². The summed E-state index contributed by atoms with van der Waals surface area (Å²) in [6.07, 6.45) is 1.16. The molecule has 1 saturated heterocycles. The van der Waals surface area contributed by atoms with Crippen LogP contribution in [0.5, 0.6) is 0 Å². The third kappa shape index (κ3) is 1.55. The van der Waals surface area contributed by atoms with Gasteiger partial charge in [0.05, 0.1) is 19.3 Å². The van der Waals surface area contributed by atoms with Gasteiger partial charge in [-0.1, -0.05) is 0 Å². The van der Waals surface area contributed by atoms with E-state index < -0.39 is 0 Å². The molecule has 0 amide bonds. The molecule has 1 heterocycles. The first-order chi connectivity index (χ1) is 5.11. The molecule has 0 aromatic carbocycles. The van der Waals surface area contributed by atoms with Crippen LogP contribution in [0.25, 0.3) is 0 Å². The summed E-state index contributed by atoms with van der Waals surface area (Å²) in [5, 5.41) is 17.8. The molecule has 3 heteroatoms. The number of aliphatic hydroxyl groups excluding tert-OH is 2. The van der Waals surface area contributed by atoms with Crippen molar-refractivity contribution in [3.63, 3.8) is 0 Å². The van der Waals surface area contributed by atoms with E-state index in [4.69, 9.17) is 10.2 Å². The van der Waals surface area contributed by atoms with Gasteiger partial charge in [0.25, 0.3) is 0 Å². The van der Waals surface area contributed by atoms with Crippen LogP contribution in [0.2, 0.25) is 0 Å². The number of rotatable bonds is 3. The van der Waals surface area contributed by atoms with E-state index in [0.717, 1.165) is 13.0 Å². The van der Waals surface area contributed by atoms with E-state index in [-0.39, 0.29) is 24.8 Å². The fraction of sp³-hybridized carbons (Fsp3) is 1.00. The predicted octanol–water partition coefficient (Wildman–Crippen LogP) is -0.176. The van der Waals surface area contributed by atoms with Crippen molar-refractivity contribution in [1.29, 1.82) is 0 Å². The van der Waals surface area contributed by atoms with Crippen molar-refractivity contribution in [2.24, 2.45) is 0 Å². The fourth-order valence-corrected chi connectivity index (χ4v) is 1.62. The molecule has 0 saturated carbocycles. The maximum absolute atomic E-state index is 8.89. The molecule has 0 aliphatic carbocycles. The third-order valence-corrected chi connectivity index (χ3v) is 2.60. The van der Waals surface area contributed by atoms with Gasteiger partial charge in [0.2, 0.25) is 0 Å². The predicted molar refractivity (Wildman–Crippen MR) is 43.4 cm³/mol. The van der Waals surface area contributed by atoms with Gasteiger partial charge in [-0.2, -0.15) is 0 Å². The fourth-order valence-electron chi connectivity index (χ4n) is 1.62. The highest BCUT2D eigenvalue weighted by Gasteiger charge is 2.39. The van der Waals surface area contributed by atoms with E-state index in [9.17, 15) is 0 Å². The number of hydrogen-bond donors (Lipinski definition) is 2. The Bertz CT molecular complexity index is 132. The van der Waals surface area contributed by atoms with Gasteiger partial charge in [-0.05, 0) is 20.3 Å². The Balaban J connectivity index is 2.46. The Labute approximate surface area is 67.6 Å². The minimum atomic E-state index is -0.0567. The van der Waals surface area contributed by atoms with Gasteiger partial charge in [-0.25, -0.2) is 0 Å². The first-order valence-corrected chi connectivity index (χ1v) is 4.10. The standard InChI is InChI=1S/C8H17NO2/c1-8(2)3-4-9(8)7(5-10)6-11/h7,10-11H,3-6H2,1-2H3. The molecule has 0 unspecified atom stereocenters. The monoisotopic (exact) mass is 159 g/mol. The van der Waals surface area contributed by atoms with Crippen LogP contribution < -0.4 is 0 Å². The quantitative estimate of drug-likeness (QED) is 0.600. The van der Waals surface area contributed by atoms with E-state index in [1.54, 1.807) is 0 Å². The van der Waals surface area contributed by atoms with Crippen LogP contribution in [0.4, 0.5) is 0 Å². The smallest absolute Gasteiger partial charge is 0.0609 e. The lowest BCUT2D eigenvalue weighted by Crippen LogP contribution is -2.62. The van der Waals surface area contributed by atoms with Gasteiger partial charge in [0.1, 0.15) is 0 Å². The van der Waals surface area contributed by atoms with E-state index >= 15 is 0 Å². The zero-order valence-corrected chi connectivity index (χ0v) is 7.25. The zero-order chi connectivity index (χ0) is 8.48. The maximum Gasteiger partial charge on any atom is 0.0609 e. The third-order valence-electron chi connectivity index (χ3n) is 2.60. The molecule has 66 valence electrons. The summed E-state index contributed by atoms with van der Waals surface area (Å²) in [6.45, 7) is 5.38. The van der Waals surface area contributed by atoms with Crippen LogP contribution in [-0.2, 0) is 0 Å². The lowest BCUT2D eigenvalue weighted by molar-refractivity contribution is -0.0598. The SMILES string of the molecule is CC1(C)CCN1C(CO)CO. The Morgan fingerprint density at radius 3 is 2.00 bits per heavy atom. The lowest BCUT2D eigenvalue weighted by atomic mass is 9.87. The number of aliphatic hydroxyl groups is 2. The second-order valence-electron chi connectivity index (χ2n) is 3.77. The summed E-state index contributed by atoms with van der Waals surface area (Å²) < 4.78 is 0. The van der Waals surface area contributed by atoms with Crippen LogP contribution in [-0.4, -0.2) is 46.5 Å². The second kappa shape index (κ2) is 3.09. The summed E-state index contributed by atoms with van der Waals surface area (Å²) in [4.78, 5) is 2.15. The van der Waals surface area contributed by atoms with E-state index in [1.807, 2.05) is 0 Å². The summed E-state index contributed by atoms with van der Waals surface area (Å²) in [6, 6.07) is -0.0567. The average molecular weight is 159 g/mol. The Hall–Kier alpha value is -0.120. The molecule has 1 aliphatic heterocycles. The van der Waals surface area contributed by atoms with Crippen molar-refractivity contribution in [3.05, 3.63) is 0 Å². The zero-order valence-electron chi connectivity index (χ0n) is 7.25.